The van der Waals surface area contributed by atoms with Crippen molar-refractivity contribution >= 4 is 16.8 Å². The number of para-hydroxylation sites is 1. The van der Waals surface area contributed by atoms with E-state index in [4.69, 9.17) is 0 Å². The summed E-state index contributed by atoms with van der Waals surface area (Å²) in [4.78, 5) is 30.4. The first-order valence-electron chi connectivity index (χ1n) is 11.2. The first kappa shape index (κ1) is 22.2. The van der Waals surface area contributed by atoms with Crippen molar-refractivity contribution in [2.24, 2.45) is 0 Å². The predicted molar refractivity (Wildman–Crippen MR) is 124 cm³/mol. The van der Waals surface area contributed by atoms with Gasteiger partial charge in [0.05, 0.1) is 22.5 Å². The molecule has 3 aromatic rings. The summed E-state index contributed by atoms with van der Waals surface area (Å²) in [6, 6.07) is 9.67. The molecule has 3 heterocycles. The van der Waals surface area contributed by atoms with Gasteiger partial charge in [-0.15, -0.1) is 0 Å². The van der Waals surface area contributed by atoms with Crippen LogP contribution in [0.15, 0.2) is 35.1 Å². The number of benzene rings is 1. The molecule has 1 aliphatic rings. The predicted octanol–water partition coefficient (Wildman–Crippen LogP) is 0.953. The summed E-state index contributed by atoms with van der Waals surface area (Å²) in [5.41, 5.74) is 2.51. The summed E-state index contributed by atoms with van der Waals surface area (Å²) in [6.07, 6.45) is 0. The zero-order valence-corrected chi connectivity index (χ0v) is 19.0. The second-order valence-corrected chi connectivity index (χ2v) is 8.23. The number of piperazine rings is 1. The highest BCUT2D eigenvalue weighted by molar-refractivity contribution is 5.83. The van der Waals surface area contributed by atoms with Gasteiger partial charge < -0.3 is 10.2 Å². The van der Waals surface area contributed by atoms with Crippen molar-refractivity contribution < 1.29 is 4.79 Å². The third-order valence-corrected chi connectivity index (χ3v) is 6.13. The molecule has 1 fully saturated rings. The minimum atomic E-state index is -0.295. The molecule has 0 atom stereocenters. The average molecular weight is 438 g/mol. The summed E-state index contributed by atoms with van der Waals surface area (Å²) in [7, 11) is 0. The Bertz CT molecular complexity index is 1140. The van der Waals surface area contributed by atoms with E-state index in [0.29, 0.717) is 23.1 Å². The Kier molecular flexibility index (Phi) is 6.66. The molecule has 9 heteroatoms. The molecule has 0 aliphatic carbocycles. The number of nitrogens with one attached hydrogen (secondary N) is 1. The molecule has 1 saturated heterocycles. The maximum Gasteiger partial charge on any atom is 0.278 e. The molecule has 1 N–H and O–H groups in total. The van der Waals surface area contributed by atoms with Crippen molar-refractivity contribution in [2.45, 2.75) is 27.3 Å². The molecule has 1 aliphatic heterocycles. The largest absolute Gasteiger partial charge is 0.353 e. The van der Waals surface area contributed by atoms with Crippen LogP contribution < -0.4 is 10.9 Å². The van der Waals surface area contributed by atoms with Crippen LogP contribution in [0.4, 0.5) is 0 Å². The van der Waals surface area contributed by atoms with Gasteiger partial charge in [-0.05, 0) is 32.5 Å². The van der Waals surface area contributed by atoms with Crippen molar-refractivity contribution in [2.75, 3.05) is 45.8 Å². The molecule has 170 valence electrons. The normalized spacial score (nSPS) is 15.3. The fraction of sp³-hybridized carbons (Fsp3) is 0.478. The van der Waals surface area contributed by atoms with E-state index in [2.05, 4.69) is 32.2 Å². The second-order valence-electron chi connectivity index (χ2n) is 8.23. The highest BCUT2D eigenvalue weighted by atomic mass is 16.2. The van der Waals surface area contributed by atoms with Crippen LogP contribution in [-0.4, -0.2) is 81.1 Å². The number of amides is 1. The van der Waals surface area contributed by atoms with Gasteiger partial charge in [-0.2, -0.15) is 10.2 Å². The van der Waals surface area contributed by atoms with Gasteiger partial charge in [0, 0.05) is 39.3 Å². The van der Waals surface area contributed by atoms with Gasteiger partial charge in [0.25, 0.3) is 5.56 Å². The van der Waals surface area contributed by atoms with Crippen LogP contribution in [0.1, 0.15) is 18.3 Å². The number of hydrogen-bond donors (Lipinski definition) is 1. The average Bonchev–Trinajstić information content (AvgIpc) is 3.16. The van der Waals surface area contributed by atoms with Crippen LogP contribution in [0.2, 0.25) is 0 Å². The Morgan fingerprint density at radius 1 is 1.03 bits per heavy atom. The van der Waals surface area contributed by atoms with Crippen molar-refractivity contribution in [3.05, 3.63) is 52.1 Å². The molecule has 32 heavy (non-hydrogen) atoms. The first-order valence-corrected chi connectivity index (χ1v) is 11.2. The van der Waals surface area contributed by atoms with Gasteiger partial charge in [0.2, 0.25) is 5.91 Å². The maximum absolute atomic E-state index is 13.1. The van der Waals surface area contributed by atoms with Crippen molar-refractivity contribution in [1.29, 1.82) is 0 Å². The Labute approximate surface area is 187 Å². The number of likely N-dealkylation sites (N-methyl/N-ethyl adjacent to an activating group) is 1. The minimum absolute atomic E-state index is 0.102. The lowest BCUT2D eigenvalue weighted by Gasteiger charge is -2.33. The van der Waals surface area contributed by atoms with Crippen molar-refractivity contribution in [3.63, 3.8) is 0 Å². The molecule has 0 spiro atoms. The lowest BCUT2D eigenvalue weighted by Crippen LogP contribution is -2.48. The minimum Gasteiger partial charge on any atom is -0.353 e. The van der Waals surface area contributed by atoms with Crippen LogP contribution in [0.5, 0.6) is 0 Å². The van der Waals surface area contributed by atoms with Crippen LogP contribution in [0.25, 0.3) is 16.6 Å². The summed E-state index contributed by atoms with van der Waals surface area (Å²) in [6.45, 7) is 12.4. The lowest BCUT2D eigenvalue weighted by molar-refractivity contribution is -0.122. The van der Waals surface area contributed by atoms with E-state index >= 15 is 0 Å². The highest BCUT2D eigenvalue weighted by Gasteiger charge is 2.19. The molecule has 0 radical (unpaired) electrons. The van der Waals surface area contributed by atoms with E-state index in [9.17, 15) is 9.59 Å². The molecule has 4 rings (SSSR count). The number of fused-ring (bicyclic) bond motifs is 1. The van der Waals surface area contributed by atoms with E-state index < -0.39 is 0 Å². The van der Waals surface area contributed by atoms with Crippen LogP contribution >= 0.6 is 0 Å². The van der Waals surface area contributed by atoms with E-state index in [0.717, 1.165) is 50.6 Å². The third kappa shape index (κ3) is 4.58. The standard InChI is InChI=1S/C23H31N7O2/c1-4-27-12-14-28(15-13-27)11-10-24-20(31)16-29-23(32)21-18(3)30(19-8-6-5-7-9-19)26-22(21)17(2)25-29/h5-9H,4,10-16H2,1-3H3,(H,24,31). The number of carbonyl (C=O) groups is 1. The molecule has 1 aromatic carbocycles. The Morgan fingerprint density at radius 2 is 1.72 bits per heavy atom. The Morgan fingerprint density at radius 3 is 2.41 bits per heavy atom. The number of rotatable bonds is 7. The number of aromatic nitrogens is 4. The first-order chi connectivity index (χ1) is 15.5. The molecule has 9 nitrogen and oxygen atoms in total. The number of hydrogen-bond acceptors (Lipinski definition) is 6. The SMILES string of the molecule is CCN1CCN(CCNC(=O)Cn2nc(C)c3nn(-c4ccccc4)c(C)c3c2=O)CC1. The van der Waals surface area contributed by atoms with Crippen molar-refractivity contribution in [3.8, 4) is 5.69 Å². The molecule has 0 unspecified atom stereocenters. The number of aryl methyl sites for hydroxylation is 2. The molecule has 2 aromatic heterocycles. The summed E-state index contributed by atoms with van der Waals surface area (Å²) >= 11 is 0. The van der Waals surface area contributed by atoms with E-state index in [1.807, 2.05) is 44.2 Å². The quantitative estimate of drug-likeness (QED) is 0.592. The highest BCUT2D eigenvalue weighted by Crippen LogP contribution is 2.19. The molecule has 0 bridgehead atoms. The summed E-state index contributed by atoms with van der Waals surface area (Å²) in [5, 5.41) is 12.4. The van der Waals surface area contributed by atoms with Gasteiger partial charge in [0.1, 0.15) is 12.1 Å². The smallest absolute Gasteiger partial charge is 0.278 e. The van der Waals surface area contributed by atoms with Crippen LogP contribution in [0, 0.1) is 13.8 Å². The van der Waals surface area contributed by atoms with Crippen LogP contribution in [-0.2, 0) is 11.3 Å². The van der Waals surface area contributed by atoms with Gasteiger partial charge in [-0.1, -0.05) is 25.1 Å². The fourth-order valence-corrected chi connectivity index (χ4v) is 4.22. The van der Waals surface area contributed by atoms with E-state index in [1.165, 1.54) is 4.68 Å². The molecule has 0 saturated carbocycles. The Balaban J connectivity index is 1.44. The van der Waals surface area contributed by atoms with E-state index in [1.54, 1.807) is 4.68 Å². The number of nitrogens with zero attached hydrogens (tertiary/aromatic N) is 6. The van der Waals surface area contributed by atoms with Gasteiger partial charge >= 0.3 is 0 Å². The van der Waals surface area contributed by atoms with Gasteiger partial charge in [-0.25, -0.2) is 9.36 Å². The zero-order chi connectivity index (χ0) is 22.7. The van der Waals surface area contributed by atoms with E-state index in [-0.39, 0.29) is 18.0 Å². The summed E-state index contributed by atoms with van der Waals surface area (Å²) < 4.78 is 3.00. The molecular weight excluding hydrogens is 406 g/mol. The molecular formula is C23H31N7O2. The van der Waals surface area contributed by atoms with Gasteiger partial charge in [-0.3, -0.25) is 14.5 Å². The Hall–Kier alpha value is -3.04. The lowest BCUT2D eigenvalue weighted by atomic mass is 10.2. The monoisotopic (exact) mass is 437 g/mol. The van der Waals surface area contributed by atoms with Crippen molar-refractivity contribution in [1.82, 2.24) is 34.7 Å². The third-order valence-electron chi connectivity index (χ3n) is 6.13. The fourth-order valence-electron chi connectivity index (χ4n) is 4.22. The molecule has 1 amide bonds. The number of carbonyl (C=O) groups excluding carboxylic acids is 1. The van der Waals surface area contributed by atoms with Gasteiger partial charge in [0.15, 0.2) is 0 Å². The summed E-state index contributed by atoms with van der Waals surface area (Å²) in [5.74, 6) is -0.210. The maximum atomic E-state index is 13.1. The topological polar surface area (TPSA) is 88.3 Å². The zero-order valence-electron chi connectivity index (χ0n) is 19.0. The van der Waals surface area contributed by atoms with Crippen LogP contribution in [0.3, 0.4) is 0 Å². The second kappa shape index (κ2) is 9.62.